The van der Waals surface area contributed by atoms with Crippen LogP contribution in [0.1, 0.15) is 0 Å². The van der Waals surface area contributed by atoms with E-state index in [1.165, 1.54) is 31.1 Å². The molecule has 5 nitrogen and oxygen atoms in total. The Bertz CT molecular complexity index is 1030. The number of rotatable bonds is 4. The minimum Gasteiger partial charge on any atom is -0.222 e. The van der Waals surface area contributed by atoms with Crippen LogP contribution in [0.25, 0.3) is 31.1 Å². The van der Waals surface area contributed by atoms with Crippen molar-refractivity contribution in [3.8, 4) is 36.9 Å². The Kier molecular flexibility index (Phi) is 7.96. The third-order valence-electron chi connectivity index (χ3n) is 4.33. The summed E-state index contributed by atoms with van der Waals surface area (Å²) in [6.45, 7) is 0. The van der Waals surface area contributed by atoms with E-state index in [1.54, 1.807) is 7.11 Å². The van der Waals surface area contributed by atoms with Crippen LogP contribution in [0.3, 0.4) is 0 Å². The summed E-state index contributed by atoms with van der Waals surface area (Å²) < 4.78 is 42.1. The van der Waals surface area contributed by atoms with Crippen molar-refractivity contribution in [2.75, 3.05) is 7.11 Å². The SMILES string of the molecule is COc1ccc(-c2cc(-c3ccccc3)cc(-c3ccccc3)[se+]2)cc1.[O-][Cl+3]([O-])([O-])[O-]. The standard InChI is InChI=1S/C24H19OSe.ClHO4/c1-25-22-14-12-20(13-15-22)24-17-21(18-8-4-2-5-9-18)16-23(26-24)19-10-6-3-7-11-19;2-1(3,4)5/h2-17H,1H3;(H,2,3,4,5)/q+1;/p-1. The van der Waals surface area contributed by atoms with Crippen LogP contribution >= 0.6 is 0 Å². The summed E-state index contributed by atoms with van der Waals surface area (Å²) in [5, 5.41) is 0. The predicted molar refractivity (Wildman–Crippen MR) is 111 cm³/mol. The van der Waals surface area contributed by atoms with E-state index in [9.17, 15) is 0 Å². The maximum atomic E-state index is 8.49. The largest absolute Gasteiger partial charge is 0.222 e. The molecule has 0 spiro atoms. The third-order valence-corrected chi connectivity index (χ3v) is 6.74. The molecule has 0 aliphatic rings. The summed E-state index contributed by atoms with van der Waals surface area (Å²) in [7, 11) is -3.24. The monoisotopic (exact) mass is 502 g/mol. The molecule has 0 bridgehead atoms. The van der Waals surface area contributed by atoms with Crippen molar-refractivity contribution >= 4 is 14.5 Å². The van der Waals surface area contributed by atoms with Gasteiger partial charge in [0.25, 0.3) is 0 Å². The summed E-state index contributed by atoms with van der Waals surface area (Å²) in [5.74, 6) is 0.892. The van der Waals surface area contributed by atoms with Gasteiger partial charge in [0.1, 0.15) is 0 Å². The van der Waals surface area contributed by atoms with Gasteiger partial charge in [0.15, 0.2) is 0 Å². The topological polar surface area (TPSA) is 101 Å². The molecule has 0 aliphatic carbocycles. The molecule has 3 aromatic carbocycles. The van der Waals surface area contributed by atoms with Crippen molar-refractivity contribution in [3.05, 3.63) is 97.1 Å². The maximum Gasteiger partial charge on any atom is -0.112 e. The zero-order chi connectivity index (χ0) is 22.3. The van der Waals surface area contributed by atoms with Crippen LogP contribution in [0.5, 0.6) is 5.75 Å². The van der Waals surface area contributed by atoms with Gasteiger partial charge in [-0.15, -0.1) is 10.2 Å². The summed E-state index contributed by atoms with van der Waals surface area (Å²) >= 11 is 0.258. The molecule has 0 unspecified atom stereocenters. The number of hydrogen-bond donors (Lipinski definition) is 0. The van der Waals surface area contributed by atoms with Crippen LogP contribution in [0.4, 0.5) is 0 Å². The van der Waals surface area contributed by atoms with E-state index in [0.29, 0.717) is 0 Å². The van der Waals surface area contributed by atoms with Crippen LogP contribution in [-0.4, -0.2) is 21.6 Å². The van der Waals surface area contributed by atoms with Gasteiger partial charge in [0.05, 0.1) is 0 Å². The van der Waals surface area contributed by atoms with E-state index in [-0.39, 0.29) is 14.5 Å². The van der Waals surface area contributed by atoms with Crippen LogP contribution in [0, 0.1) is 10.2 Å². The molecular weight excluding hydrogens is 483 g/mol. The molecule has 0 amide bonds. The summed E-state index contributed by atoms with van der Waals surface area (Å²) in [5.41, 5.74) is 5.09. The molecule has 4 aromatic rings. The Hall–Kier alpha value is -2.54. The van der Waals surface area contributed by atoms with Gasteiger partial charge in [-0.1, -0.05) is 0 Å². The first-order valence-corrected chi connectivity index (χ1v) is 12.1. The fraction of sp³-hybridized carbons (Fsp3) is 0.0417. The Morgan fingerprint density at radius 1 is 0.581 bits per heavy atom. The fourth-order valence-electron chi connectivity index (χ4n) is 2.94. The first-order valence-electron chi connectivity index (χ1n) is 9.19. The Morgan fingerprint density at radius 2 is 1.00 bits per heavy atom. The summed E-state index contributed by atoms with van der Waals surface area (Å²) in [6.07, 6.45) is 0. The molecule has 0 aliphatic heterocycles. The fourth-order valence-corrected chi connectivity index (χ4v) is 5.28. The summed E-state index contributed by atoms with van der Waals surface area (Å²) in [4.78, 5) is 0. The van der Waals surface area contributed by atoms with Gasteiger partial charge in [0.2, 0.25) is 0 Å². The zero-order valence-corrected chi connectivity index (χ0v) is 19.0. The van der Waals surface area contributed by atoms with Gasteiger partial charge in [-0.2, -0.15) is 0 Å². The minimum absolute atomic E-state index is 0.258. The van der Waals surface area contributed by atoms with Gasteiger partial charge in [-0.05, 0) is 0 Å². The number of hydrogen-bond acceptors (Lipinski definition) is 5. The minimum atomic E-state index is -4.94. The molecule has 4 rings (SSSR count). The van der Waals surface area contributed by atoms with Crippen LogP contribution < -0.4 is 23.4 Å². The average Bonchev–Trinajstić information content (AvgIpc) is 2.79. The van der Waals surface area contributed by atoms with E-state index in [2.05, 4.69) is 84.9 Å². The molecule has 0 saturated carbocycles. The second-order valence-electron chi connectivity index (χ2n) is 6.41. The molecule has 158 valence electrons. The molecule has 0 saturated heterocycles. The van der Waals surface area contributed by atoms with Gasteiger partial charge in [-0.25, -0.2) is 18.6 Å². The number of methoxy groups -OCH3 is 1. The van der Waals surface area contributed by atoms with Gasteiger partial charge >= 0.3 is 160 Å². The Morgan fingerprint density at radius 3 is 1.45 bits per heavy atom. The Labute approximate surface area is 188 Å². The Balaban J connectivity index is 0.000000491. The molecule has 1 heterocycles. The van der Waals surface area contributed by atoms with Crippen molar-refractivity contribution in [3.63, 3.8) is 0 Å². The van der Waals surface area contributed by atoms with Crippen molar-refractivity contribution in [1.82, 2.24) is 0 Å². The van der Waals surface area contributed by atoms with Crippen molar-refractivity contribution in [2.45, 2.75) is 0 Å². The molecule has 7 heteroatoms. The smallest absolute Gasteiger partial charge is 0.112 e. The molecular formula is C24H19ClO5Se. The number of ether oxygens (including phenoxy) is 1. The molecule has 0 atom stereocenters. The predicted octanol–water partition coefficient (Wildman–Crippen LogP) is 1.28. The second kappa shape index (κ2) is 10.7. The zero-order valence-electron chi connectivity index (χ0n) is 16.6. The molecule has 0 N–H and O–H groups in total. The number of benzene rings is 3. The van der Waals surface area contributed by atoms with Gasteiger partial charge in [-0.3, -0.25) is 0 Å². The van der Waals surface area contributed by atoms with Crippen molar-refractivity contribution in [2.24, 2.45) is 0 Å². The first kappa shape index (κ1) is 23.1. The average molecular weight is 502 g/mol. The number of halogens is 1. The summed E-state index contributed by atoms with van der Waals surface area (Å²) in [6, 6.07) is 34.4. The molecule has 0 radical (unpaired) electrons. The quantitative estimate of drug-likeness (QED) is 0.392. The van der Waals surface area contributed by atoms with E-state index >= 15 is 0 Å². The first-order chi connectivity index (χ1) is 14.8. The third kappa shape index (κ3) is 7.28. The normalized spacial score (nSPS) is 10.7. The van der Waals surface area contributed by atoms with Crippen LogP contribution in [-0.2, 0) is 0 Å². The van der Waals surface area contributed by atoms with Crippen LogP contribution in [0.2, 0.25) is 0 Å². The van der Waals surface area contributed by atoms with Crippen molar-refractivity contribution in [1.29, 1.82) is 0 Å². The molecule has 31 heavy (non-hydrogen) atoms. The second-order valence-corrected chi connectivity index (χ2v) is 9.44. The van der Waals surface area contributed by atoms with E-state index < -0.39 is 10.2 Å². The van der Waals surface area contributed by atoms with Gasteiger partial charge in [0, 0.05) is 0 Å². The van der Waals surface area contributed by atoms with E-state index in [4.69, 9.17) is 23.4 Å². The van der Waals surface area contributed by atoms with E-state index in [1.807, 2.05) is 12.1 Å². The molecule has 1 aromatic heterocycles. The molecule has 0 fully saturated rings. The van der Waals surface area contributed by atoms with E-state index in [0.717, 1.165) is 5.75 Å². The van der Waals surface area contributed by atoms with Gasteiger partial charge < -0.3 is 0 Å². The van der Waals surface area contributed by atoms with Crippen LogP contribution in [0.15, 0.2) is 97.1 Å². The maximum absolute atomic E-state index is 8.49. The van der Waals surface area contributed by atoms with Crippen molar-refractivity contribution < 1.29 is 33.6 Å².